The van der Waals surface area contributed by atoms with Crippen LogP contribution in [0.25, 0.3) is 0 Å². The molecule has 0 saturated heterocycles. The van der Waals surface area contributed by atoms with Crippen LogP contribution in [0.15, 0.2) is 0 Å². The summed E-state index contributed by atoms with van der Waals surface area (Å²) in [4.78, 5) is 0. The zero-order valence-electron chi connectivity index (χ0n) is 14.3. The van der Waals surface area contributed by atoms with E-state index in [9.17, 15) is 5.11 Å². The Morgan fingerprint density at radius 1 is 0.500 bits per heavy atom. The first-order chi connectivity index (χ1) is 9.81. The molecule has 0 aromatic carbocycles. The number of aliphatic hydroxyl groups is 1. The summed E-state index contributed by atoms with van der Waals surface area (Å²) >= 11 is 0. The van der Waals surface area contributed by atoms with E-state index in [1.807, 2.05) is 0 Å². The predicted molar refractivity (Wildman–Crippen MR) is 91.2 cm³/mol. The lowest BCUT2D eigenvalue weighted by Crippen LogP contribution is -2.05. The van der Waals surface area contributed by atoms with Crippen molar-refractivity contribution in [1.29, 1.82) is 0 Å². The molecule has 0 aromatic heterocycles. The smallest absolute Gasteiger partial charge is 0.0540 e. The van der Waals surface area contributed by atoms with E-state index in [4.69, 9.17) is 0 Å². The van der Waals surface area contributed by atoms with Crippen molar-refractivity contribution in [3.8, 4) is 0 Å². The summed E-state index contributed by atoms with van der Waals surface area (Å²) in [6.07, 6.45) is 20.9. The SMILES string of the molecule is CCCCCCCCCCCC(O)CCCCCCC. The Bertz CT molecular complexity index is 167. The summed E-state index contributed by atoms with van der Waals surface area (Å²) in [7, 11) is 0. The van der Waals surface area contributed by atoms with Gasteiger partial charge >= 0.3 is 0 Å². The van der Waals surface area contributed by atoms with Crippen LogP contribution in [0.5, 0.6) is 0 Å². The van der Waals surface area contributed by atoms with Gasteiger partial charge in [0, 0.05) is 0 Å². The molecule has 0 amide bonds. The molecule has 20 heavy (non-hydrogen) atoms. The molecule has 0 saturated carbocycles. The molecule has 1 N–H and O–H groups in total. The fourth-order valence-corrected chi connectivity index (χ4v) is 2.82. The highest BCUT2D eigenvalue weighted by Crippen LogP contribution is 2.14. The molecule has 1 unspecified atom stereocenters. The third-order valence-electron chi connectivity index (χ3n) is 4.28. The minimum absolute atomic E-state index is 0.0267. The second kappa shape index (κ2) is 17.0. The van der Waals surface area contributed by atoms with E-state index in [0.29, 0.717) is 0 Å². The Balaban J connectivity index is 3.09. The van der Waals surface area contributed by atoms with Crippen LogP contribution in [-0.2, 0) is 0 Å². The van der Waals surface area contributed by atoms with Gasteiger partial charge in [0.1, 0.15) is 0 Å². The van der Waals surface area contributed by atoms with Gasteiger partial charge in [0.05, 0.1) is 6.10 Å². The first kappa shape index (κ1) is 20.0. The quantitative estimate of drug-likeness (QED) is 0.315. The molecule has 0 aliphatic carbocycles. The highest BCUT2D eigenvalue weighted by atomic mass is 16.3. The van der Waals surface area contributed by atoms with Gasteiger partial charge in [0.2, 0.25) is 0 Å². The molecule has 0 rings (SSSR count). The third-order valence-corrected chi connectivity index (χ3v) is 4.28. The summed E-state index contributed by atoms with van der Waals surface area (Å²) < 4.78 is 0. The van der Waals surface area contributed by atoms with Crippen molar-refractivity contribution < 1.29 is 5.11 Å². The first-order valence-corrected chi connectivity index (χ1v) is 9.49. The summed E-state index contributed by atoms with van der Waals surface area (Å²) in [5, 5.41) is 9.91. The van der Waals surface area contributed by atoms with Gasteiger partial charge in [-0.25, -0.2) is 0 Å². The van der Waals surface area contributed by atoms with Crippen molar-refractivity contribution in [3.63, 3.8) is 0 Å². The highest BCUT2D eigenvalue weighted by molar-refractivity contribution is 4.57. The summed E-state index contributed by atoms with van der Waals surface area (Å²) in [6, 6.07) is 0. The van der Waals surface area contributed by atoms with Crippen LogP contribution in [0, 0.1) is 0 Å². The third kappa shape index (κ3) is 16.0. The zero-order valence-corrected chi connectivity index (χ0v) is 14.3. The van der Waals surface area contributed by atoms with Gasteiger partial charge in [-0.05, 0) is 12.8 Å². The Labute approximate surface area is 128 Å². The second-order valence-corrected chi connectivity index (χ2v) is 6.47. The maximum absolute atomic E-state index is 9.91. The molecule has 122 valence electrons. The molecule has 1 nitrogen and oxygen atoms in total. The summed E-state index contributed by atoms with van der Waals surface area (Å²) in [5.41, 5.74) is 0. The maximum atomic E-state index is 9.91. The summed E-state index contributed by atoms with van der Waals surface area (Å²) in [5.74, 6) is 0. The fourth-order valence-electron chi connectivity index (χ4n) is 2.82. The number of aliphatic hydroxyl groups excluding tert-OH is 1. The van der Waals surface area contributed by atoms with Gasteiger partial charge in [0.25, 0.3) is 0 Å². The Morgan fingerprint density at radius 3 is 1.15 bits per heavy atom. The molecule has 0 fully saturated rings. The van der Waals surface area contributed by atoms with Crippen molar-refractivity contribution in [1.82, 2.24) is 0 Å². The number of unbranched alkanes of at least 4 members (excludes halogenated alkanes) is 12. The van der Waals surface area contributed by atoms with E-state index in [1.165, 1.54) is 89.9 Å². The van der Waals surface area contributed by atoms with Crippen LogP contribution in [0.1, 0.15) is 117 Å². The predicted octanol–water partition coefficient (Wildman–Crippen LogP) is 6.63. The highest BCUT2D eigenvalue weighted by Gasteiger charge is 2.03. The van der Waals surface area contributed by atoms with Crippen LogP contribution in [0.3, 0.4) is 0 Å². The summed E-state index contributed by atoms with van der Waals surface area (Å²) in [6.45, 7) is 4.52. The molecule has 1 atom stereocenters. The molecule has 0 aromatic rings. The van der Waals surface area contributed by atoms with Crippen LogP contribution in [0.4, 0.5) is 0 Å². The number of rotatable bonds is 16. The molecule has 0 radical (unpaired) electrons. The normalized spacial score (nSPS) is 12.8. The van der Waals surface area contributed by atoms with Crippen molar-refractivity contribution >= 4 is 0 Å². The van der Waals surface area contributed by atoms with Crippen LogP contribution < -0.4 is 0 Å². The van der Waals surface area contributed by atoms with Crippen molar-refractivity contribution in [2.45, 2.75) is 123 Å². The van der Waals surface area contributed by atoms with Gasteiger partial charge in [-0.2, -0.15) is 0 Å². The van der Waals surface area contributed by atoms with E-state index in [-0.39, 0.29) is 6.10 Å². The van der Waals surface area contributed by atoms with Crippen LogP contribution in [0.2, 0.25) is 0 Å². The van der Waals surface area contributed by atoms with Crippen LogP contribution in [-0.4, -0.2) is 11.2 Å². The first-order valence-electron chi connectivity index (χ1n) is 9.49. The topological polar surface area (TPSA) is 20.2 Å². The van der Waals surface area contributed by atoms with Crippen LogP contribution >= 0.6 is 0 Å². The minimum Gasteiger partial charge on any atom is -0.393 e. The number of hydrogen-bond acceptors (Lipinski definition) is 1. The molecule has 1 heteroatoms. The molecule has 0 heterocycles. The fraction of sp³-hybridized carbons (Fsp3) is 1.00. The molecule has 0 aliphatic rings. The standard InChI is InChI=1S/C19H40O/c1-3-5-7-9-10-11-12-14-16-18-19(20)17-15-13-8-6-4-2/h19-20H,3-18H2,1-2H3. The van der Waals surface area contributed by atoms with Gasteiger partial charge in [-0.15, -0.1) is 0 Å². The monoisotopic (exact) mass is 284 g/mol. The van der Waals surface area contributed by atoms with Gasteiger partial charge in [-0.3, -0.25) is 0 Å². The molecule has 0 aliphatic heterocycles. The zero-order chi connectivity index (χ0) is 14.9. The number of hydrogen-bond donors (Lipinski definition) is 1. The molecular formula is C19H40O. The lowest BCUT2D eigenvalue weighted by Gasteiger charge is -2.10. The van der Waals surface area contributed by atoms with E-state index in [0.717, 1.165) is 12.8 Å². The average Bonchev–Trinajstić information content (AvgIpc) is 2.45. The van der Waals surface area contributed by atoms with E-state index < -0.39 is 0 Å². The second-order valence-electron chi connectivity index (χ2n) is 6.47. The van der Waals surface area contributed by atoms with Gasteiger partial charge in [0.15, 0.2) is 0 Å². The largest absolute Gasteiger partial charge is 0.393 e. The van der Waals surface area contributed by atoms with Crippen molar-refractivity contribution in [2.75, 3.05) is 0 Å². The average molecular weight is 285 g/mol. The lowest BCUT2D eigenvalue weighted by molar-refractivity contribution is 0.147. The molecule has 0 spiro atoms. The Hall–Kier alpha value is -0.0400. The molecular weight excluding hydrogens is 244 g/mol. The van der Waals surface area contributed by atoms with Gasteiger partial charge < -0.3 is 5.11 Å². The Kier molecular flexibility index (Phi) is 17.0. The van der Waals surface area contributed by atoms with E-state index >= 15 is 0 Å². The minimum atomic E-state index is -0.0267. The Morgan fingerprint density at radius 2 is 0.800 bits per heavy atom. The maximum Gasteiger partial charge on any atom is 0.0540 e. The molecule has 0 bridgehead atoms. The lowest BCUT2D eigenvalue weighted by atomic mass is 10.0. The van der Waals surface area contributed by atoms with E-state index in [2.05, 4.69) is 13.8 Å². The van der Waals surface area contributed by atoms with E-state index in [1.54, 1.807) is 0 Å². The van der Waals surface area contributed by atoms with Gasteiger partial charge in [-0.1, -0.05) is 104 Å². The van der Waals surface area contributed by atoms with Crippen molar-refractivity contribution in [3.05, 3.63) is 0 Å². The van der Waals surface area contributed by atoms with Crippen molar-refractivity contribution in [2.24, 2.45) is 0 Å².